The third kappa shape index (κ3) is 4.35. The van der Waals surface area contributed by atoms with Crippen molar-refractivity contribution in [1.82, 2.24) is 15.0 Å². The summed E-state index contributed by atoms with van der Waals surface area (Å²) in [5.41, 5.74) is 2.49. The van der Waals surface area contributed by atoms with Crippen LogP contribution >= 0.6 is 0 Å². The van der Waals surface area contributed by atoms with Gasteiger partial charge in [-0.1, -0.05) is 12.1 Å². The van der Waals surface area contributed by atoms with Gasteiger partial charge in [0.15, 0.2) is 5.78 Å². The molecule has 0 N–H and O–H groups in total. The molecular weight excluding hydrogens is 433 g/mol. The highest BCUT2D eigenvalue weighted by molar-refractivity contribution is 6.13. The van der Waals surface area contributed by atoms with Crippen LogP contribution in [0, 0.1) is 6.92 Å². The average Bonchev–Trinajstić information content (AvgIpc) is 2.97. The summed E-state index contributed by atoms with van der Waals surface area (Å²) in [6.07, 6.45) is -0.292. The molecule has 0 bridgehead atoms. The maximum atomic E-state index is 13.4. The van der Waals surface area contributed by atoms with Crippen molar-refractivity contribution in [2.75, 3.05) is 4.90 Å². The third-order valence-electron chi connectivity index (χ3n) is 5.70. The van der Waals surface area contributed by atoms with Gasteiger partial charge < -0.3 is 0 Å². The summed E-state index contributed by atoms with van der Waals surface area (Å²) < 4.78 is 37.6. The molecule has 1 amide bonds. The molecule has 0 saturated carbocycles. The Labute approximate surface area is 188 Å². The number of carbonyl (C=O) groups is 2. The minimum Gasteiger partial charge on any atom is -0.294 e. The molecule has 0 saturated heterocycles. The zero-order chi connectivity index (χ0) is 24.0. The molecule has 170 valence electrons. The van der Waals surface area contributed by atoms with Crippen LogP contribution in [0.5, 0.6) is 0 Å². The number of aromatic nitrogens is 3. The lowest BCUT2D eigenvalue weighted by atomic mass is 9.85. The van der Waals surface area contributed by atoms with Gasteiger partial charge in [-0.15, -0.1) is 0 Å². The molecule has 1 aromatic carbocycles. The SMILES string of the molecule is Cc1ncc(-c2ccc3c(c2)N(c2cncc(C(=O)CCC(F)(F)F)c2)C(=O)C3(C)C)cn1. The smallest absolute Gasteiger partial charge is 0.294 e. The number of hydrogen-bond donors (Lipinski definition) is 0. The number of halogens is 3. The first-order chi connectivity index (χ1) is 15.5. The summed E-state index contributed by atoms with van der Waals surface area (Å²) in [5, 5.41) is 0. The third-order valence-corrected chi connectivity index (χ3v) is 5.70. The number of rotatable bonds is 5. The molecule has 0 spiro atoms. The molecule has 33 heavy (non-hydrogen) atoms. The second-order valence-electron chi connectivity index (χ2n) is 8.49. The Hall–Kier alpha value is -3.62. The number of aryl methyl sites for hydroxylation is 1. The van der Waals surface area contributed by atoms with Gasteiger partial charge in [-0.05, 0) is 44.0 Å². The van der Waals surface area contributed by atoms with Crippen LogP contribution in [-0.4, -0.2) is 32.8 Å². The summed E-state index contributed by atoms with van der Waals surface area (Å²) in [5.74, 6) is -0.272. The first-order valence-electron chi connectivity index (χ1n) is 10.3. The van der Waals surface area contributed by atoms with Gasteiger partial charge in [-0.2, -0.15) is 13.2 Å². The lowest BCUT2D eigenvalue weighted by Crippen LogP contribution is -2.33. The van der Waals surface area contributed by atoms with Gasteiger partial charge in [0.1, 0.15) is 5.82 Å². The second-order valence-corrected chi connectivity index (χ2v) is 8.49. The van der Waals surface area contributed by atoms with Gasteiger partial charge in [0.2, 0.25) is 5.91 Å². The molecule has 0 atom stereocenters. The van der Waals surface area contributed by atoms with Gasteiger partial charge in [0, 0.05) is 36.1 Å². The molecule has 4 rings (SSSR count). The fraction of sp³-hybridized carbons (Fsp3) is 0.292. The van der Waals surface area contributed by atoms with Crippen LogP contribution < -0.4 is 4.90 Å². The molecular formula is C24H21F3N4O2. The predicted molar refractivity (Wildman–Crippen MR) is 116 cm³/mol. The zero-order valence-electron chi connectivity index (χ0n) is 18.3. The number of anilines is 2. The van der Waals surface area contributed by atoms with Crippen molar-refractivity contribution in [3.8, 4) is 11.1 Å². The lowest BCUT2D eigenvalue weighted by molar-refractivity contribution is -0.133. The van der Waals surface area contributed by atoms with Crippen LogP contribution in [0.4, 0.5) is 24.5 Å². The minimum atomic E-state index is -4.43. The van der Waals surface area contributed by atoms with E-state index in [-0.39, 0.29) is 11.5 Å². The molecule has 1 aliphatic heterocycles. The van der Waals surface area contributed by atoms with Gasteiger partial charge in [-0.3, -0.25) is 19.5 Å². The monoisotopic (exact) mass is 454 g/mol. The number of alkyl halides is 3. The van der Waals surface area contributed by atoms with E-state index in [4.69, 9.17) is 0 Å². The molecule has 0 radical (unpaired) electrons. The Morgan fingerprint density at radius 3 is 2.39 bits per heavy atom. The first-order valence-corrected chi connectivity index (χ1v) is 10.3. The van der Waals surface area contributed by atoms with E-state index in [9.17, 15) is 22.8 Å². The summed E-state index contributed by atoms with van der Waals surface area (Å²) in [4.78, 5) is 39.6. The highest BCUT2D eigenvalue weighted by Crippen LogP contribution is 2.46. The molecule has 2 aromatic heterocycles. The van der Waals surface area contributed by atoms with Crippen molar-refractivity contribution < 1.29 is 22.8 Å². The van der Waals surface area contributed by atoms with E-state index in [1.807, 2.05) is 18.2 Å². The number of amides is 1. The first kappa shape index (κ1) is 22.6. The van der Waals surface area contributed by atoms with Crippen molar-refractivity contribution in [2.24, 2.45) is 0 Å². The lowest BCUT2D eigenvalue weighted by Gasteiger charge is -2.20. The summed E-state index contributed by atoms with van der Waals surface area (Å²) in [6, 6.07) is 7.01. The maximum Gasteiger partial charge on any atom is 0.389 e. The second kappa shape index (κ2) is 8.06. The number of Topliss-reactive ketones (excluding diaryl/α,β-unsaturated/α-hetero) is 1. The molecule has 6 nitrogen and oxygen atoms in total. The van der Waals surface area contributed by atoms with E-state index >= 15 is 0 Å². The van der Waals surface area contributed by atoms with Crippen molar-refractivity contribution in [3.05, 3.63) is 66.0 Å². The van der Waals surface area contributed by atoms with E-state index in [1.165, 1.54) is 23.4 Å². The summed E-state index contributed by atoms with van der Waals surface area (Å²) >= 11 is 0. The Balaban J connectivity index is 1.74. The number of ketones is 1. The quantitative estimate of drug-likeness (QED) is 0.487. The number of benzene rings is 1. The molecule has 0 unspecified atom stereocenters. The average molecular weight is 454 g/mol. The molecule has 0 aliphatic carbocycles. The molecule has 3 aromatic rings. The van der Waals surface area contributed by atoms with Crippen molar-refractivity contribution in [1.29, 1.82) is 0 Å². The Kier molecular flexibility index (Phi) is 5.51. The van der Waals surface area contributed by atoms with Crippen LogP contribution in [0.1, 0.15) is 48.4 Å². The molecule has 3 heterocycles. The van der Waals surface area contributed by atoms with Crippen LogP contribution in [0.3, 0.4) is 0 Å². The molecule has 0 fully saturated rings. The van der Waals surface area contributed by atoms with Crippen molar-refractivity contribution >= 4 is 23.1 Å². The normalized spacial score (nSPS) is 15.0. The van der Waals surface area contributed by atoms with Gasteiger partial charge in [-0.25, -0.2) is 9.97 Å². The maximum absolute atomic E-state index is 13.4. The fourth-order valence-electron chi connectivity index (χ4n) is 3.83. The van der Waals surface area contributed by atoms with E-state index in [0.717, 1.165) is 16.7 Å². The van der Waals surface area contributed by atoms with Crippen LogP contribution in [-0.2, 0) is 10.2 Å². The zero-order valence-corrected chi connectivity index (χ0v) is 18.3. The van der Waals surface area contributed by atoms with E-state index < -0.39 is 30.2 Å². The number of hydrogen-bond acceptors (Lipinski definition) is 5. The number of fused-ring (bicyclic) bond motifs is 1. The minimum absolute atomic E-state index is 0.0268. The Morgan fingerprint density at radius 2 is 1.73 bits per heavy atom. The Morgan fingerprint density at radius 1 is 1.03 bits per heavy atom. The highest BCUT2D eigenvalue weighted by atomic mass is 19.4. The van der Waals surface area contributed by atoms with Crippen LogP contribution in [0.15, 0.2) is 49.1 Å². The van der Waals surface area contributed by atoms with E-state index in [1.54, 1.807) is 33.2 Å². The fourth-order valence-corrected chi connectivity index (χ4v) is 3.83. The standard InChI is InChI=1S/C24H21F3N4O2/c1-14-29-11-17(12-30-14)15-4-5-19-20(9-15)31(22(33)23(19,2)3)18-8-16(10-28-13-18)21(32)6-7-24(25,26)27/h4-5,8-13H,6-7H2,1-3H3. The van der Waals surface area contributed by atoms with Gasteiger partial charge in [0.25, 0.3) is 0 Å². The van der Waals surface area contributed by atoms with Gasteiger partial charge >= 0.3 is 6.18 Å². The largest absolute Gasteiger partial charge is 0.389 e. The van der Waals surface area contributed by atoms with Crippen molar-refractivity contribution in [3.63, 3.8) is 0 Å². The predicted octanol–water partition coefficient (Wildman–Crippen LogP) is 5.33. The Bertz CT molecular complexity index is 1240. The van der Waals surface area contributed by atoms with Crippen LogP contribution in [0.2, 0.25) is 0 Å². The van der Waals surface area contributed by atoms with Crippen molar-refractivity contribution in [2.45, 2.75) is 45.2 Å². The number of nitrogens with zero attached hydrogens (tertiary/aromatic N) is 4. The van der Waals surface area contributed by atoms with E-state index in [0.29, 0.717) is 17.2 Å². The molecule has 1 aliphatic rings. The number of carbonyl (C=O) groups excluding carboxylic acids is 2. The summed E-state index contributed by atoms with van der Waals surface area (Å²) in [7, 11) is 0. The van der Waals surface area contributed by atoms with Crippen LogP contribution in [0.25, 0.3) is 11.1 Å². The topological polar surface area (TPSA) is 76.1 Å². The molecule has 9 heteroatoms. The number of pyridine rings is 1. The highest BCUT2D eigenvalue weighted by Gasteiger charge is 2.45. The summed E-state index contributed by atoms with van der Waals surface area (Å²) in [6.45, 7) is 5.38. The van der Waals surface area contributed by atoms with E-state index in [2.05, 4.69) is 15.0 Å². The van der Waals surface area contributed by atoms with Gasteiger partial charge in [0.05, 0.1) is 29.4 Å².